The molecule has 0 saturated carbocycles. The van der Waals surface area contributed by atoms with Crippen molar-refractivity contribution in [3.05, 3.63) is 0 Å². The first-order chi connectivity index (χ1) is 7.78. The summed E-state index contributed by atoms with van der Waals surface area (Å²) in [5, 5.41) is 0. The van der Waals surface area contributed by atoms with E-state index >= 15 is 0 Å². The summed E-state index contributed by atoms with van der Waals surface area (Å²) in [6, 6.07) is 0. The van der Waals surface area contributed by atoms with Crippen molar-refractivity contribution in [3.63, 3.8) is 0 Å². The fourth-order valence-electron chi connectivity index (χ4n) is 2.38. The van der Waals surface area contributed by atoms with Crippen LogP contribution in [0.15, 0.2) is 0 Å². The van der Waals surface area contributed by atoms with Crippen molar-refractivity contribution in [1.29, 1.82) is 0 Å². The molecule has 0 aromatic rings. The van der Waals surface area contributed by atoms with Gasteiger partial charge in [-0.25, -0.2) is 0 Å². The molecule has 0 heterocycles. The molecule has 102 valence electrons. The van der Waals surface area contributed by atoms with Gasteiger partial charge in [0.05, 0.1) is 0 Å². The molecule has 0 aliphatic carbocycles. The fraction of sp³-hybridized carbons (Fsp3) is 0.933. The zero-order chi connectivity index (χ0) is 13.5. The Labute approximate surface area is 112 Å². The molecule has 0 amide bonds. The Hall–Kier alpha value is 0.0200. The van der Waals surface area contributed by atoms with Crippen molar-refractivity contribution < 1.29 is 4.79 Å². The summed E-state index contributed by atoms with van der Waals surface area (Å²) in [6.45, 7) is 11.3. The van der Waals surface area contributed by atoms with Crippen molar-refractivity contribution in [2.45, 2.75) is 77.9 Å². The molecule has 1 unspecified atom stereocenters. The molecule has 1 atom stereocenters. The highest BCUT2D eigenvalue weighted by molar-refractivity contribution is 7.99. The highest BCUT2D eigenvalue weighted by Crippen LogP contribution is 2.40. The van der Waals surface area contributed by atoms with Crippen LogP contribution in [0.25, 0.3) is 0 Å². The van der Waals surface area contributed by atoms with E-state index in [2.05, 4.69) is 34.0 Å². The first-order valence-corrected chi connectivity index (χ1v) is 8.08. The lowest BCUT2D eigenvalue weighted by atomic mass is 9.78. The van der Waals surface area contributed by atoms with Gasteiger partial charge in [0.2, 0.25) is 0 Å². The van der Waals surface area contributed by atoms with Gasteiger partial charge in [-0.2, -0.15) is 11.8 Å². The highest BCUT2D eigenvalue weighted by Gasteiger charge is 2.30. The molecule has 0 bridgehead atoms. The van der Waals surface area contributed by atoms with Crippen LogP contribution in [0.1, 0.15) is 73.1 Å². The van der Waals surface area contributed by atoms with E-state index < -0.39 is 0 Å². The van der Waals surface area contributed by atoms with E-state index in [1.165, 1.54) is 12.8 Å². The average molecular weight is 258 g/mol. The largest absolute Gasteiger partial charge is 0.300 e. The second kappa shape index (κ2) is 7.45. The molecule has 0 aromatic heterocycles. The van der Waals surface area contributed by atoms with Crippen LogP contribution in [-0.2, 0) is 4.79 Å². The van der Waals surface area contributed by atoms with Crippen molar-refractivity contribution in [2.75, 3.05) is 6.26 Å². The Morgan fingerprint density at radius 2 is 1.76 bits per heavy atom. The van der Waals surface area contributed by atoms with Crippen LogP contribution in [-0.4, -0.2) is 16.8 Å². The number of ketones is 1. The molecular weight excluding hydrogens is 228 g/mol. The Kier molecular flexibility index (Phi) is 7.46. The monoisotopic (exact) mass is 258 g/mol. The summed E-state index contributed by atoms with van der Waals surface area (Å²) in [5.41, 5.74) is 0.349. The third-order valence-electron chi connectivity index (χ3n) is 3.80. The molecule has 0 spiro atoms. The van der Waals surface area contributed by atoms with Crippen LogP contribution in [0.2, 0.25) is 0 Å². The molecule has 2 heteroatoms. The van der Waals surface area contributed by atoms with Gasteiger partial charge in [-0.1, -0.05) is 34.6 Å². The summed E-state index contributed by atoms with van der Waals surface area (Å²) in [5.74, 6) is 0.406. The summed E-state index contributed by atoms with van der Waals surface area (Å²) >= 11 is 1.98. The van der Waals surface area contributed by atoms with Gasteiger partial charge in [0.15, 0.2) is 0 Å². The van der Waals surface area contributed by atoms with Gasteiger partial charge in [0, 0.05) is 17.6 Å². The Bertz CT molecular complexity index is 229. The van der Waals surface area contributed by atoms with Crippen molar-refractivity contribution >= 4 is 17.5 Å². The average Bonchev–Trinajstić information content (AvgIpc) is 2.27. The Morgan fingerprint density at radius 1 is 1.18 bits per heavy atom. The topological polar surface area (TPSA) is 17.1 Å². The van der Waals surface area contributed by atoms with E-state index in [9.17, 15) is 4.79 Å². The van der Waals surface area contributed by atoms with Crippen LogP contribution in [0, 0.1) is 5.41 Å². The lowest BCUT2D eigenvalue weighted by molar-refractivity contribution is -0.118. The van der Waals surface area contributed by atoms with E-state index in [1.807, 2.05) is 18.7 Å². The minimum absolute atomic E-state index is 0.349. The zero-order valence-corrected chi connectivity index (χ0v) is 13.4. The second-order valence-electron chi connectivity index (χ2n) is 6.09. The standard InChI is InChI=1S/C15H30OS/c1-7-13(16)10-9-11-14(3,4)12-15(5,8-2)17-6/h7-12H2,1-6H3. The van der Waals surface area contributed by atoms with Crippen molar-refractivity contribution in [2.24, 2.45) is 5.41 Å². The van der Waals surface area contributed by atoms with Crippen LogP contribution >= 0.6 is 11.8 Å². The van der Waals surface area contributed by atoms with Gasteiger partial charge in [-0.15, -0.1) is 0 Å². The number of carbonyl (C=O) groups is 1. The number of rotatable bonds is 9. The van der Waals surface area contributed by atoms with Gasteiger partial charge in [0.25, 0.3) is 0 Å². The maximum absolute atomic E-state index is 11.3. The smallest absolute Gasteiger partial charge is 0.132 e. The zero-order valence-electron chi connectivity index (χ0n) is 12.6. The summed E-state index contributed by atoms with van der Waals surface area (Å²) in [6.07, 6.45) is 8.33. The normalized spacial score (nSPS) is 15.6. The van der Waals surface area contributed by atoms with Crippen molar-refractivity contribution in [3.8, 4) is 0 Å². The van der Waals surface area contributed by atoms with Crippen LogP contribution < -0.4 is 0 Å². The predicted octanol–water partition coefficient (Wildman–Crippen LogP) is 5.08. The summed E-state index contributed by atoms with van der Waals surface area (Å²) in [4.78, 5) is 11.3. The lowest BCUT2D eigenvalue weighted by Crippen LogP contribution is -2.28. The Morgan fingerprint density at radius 3 is 2.18 bits per heavy atom. The quantitative estimate of drug-likeness (QED) is 0.573. The van der Waals surface area contributed by atoms with Crippen LogP contribution in [0.4, 0.5) is 0 Å². The SMILES string of the molecule is CCC(=O)CCCC(C)(C)CC(C)(CC)SC. The number of hydrogen-bond donors (Lipinski definition) is 0. The van der Waals surface area contributed by atoms with Gasteiger partial charge < -0.3 is 0 Å². The molecule has 0 aromatic carbocycles. The molecule has 0 saturated heterocycles. The maximum Gasteiger partial charge on any atom is 0.132 e. The van der Waals surface area contributed by atoms with Gasteiger partial charge in [-0.05, 0) is 37.4 Å². The van der Waals surface area contributed by atoms with Crippen LogP contribution in [0.5, 0.6) is 0 Å². The van der Waals surface area contributed by atoms with Gasteiger partial charge in [-0.3, -0.25) is 4.79 Å². The number of Topliss-reactive ketones (excluding diaryl/α,β-unsaturated/α-hetero) is 1. The van der Waals surface area contributed by atoms with E-state index in [0.717, 1.165) is 19.3 Å². The molecule has 0 aliphatic heterocycles. The molecule has 0 rings (SSSR count). The number of thioether (sulfide) groups is 1. The minimum Gasteiger partial charge on any atom is -0.300 e. The van der Waals surface area contributed by atoms with E-state index in [4.69, 9.17) is 0 Å². The second-order valence-corrected chi connectivity index (χ2v) is 7.49. The molecular formula is C15H30OS. The minimum atomic E-state index is 0.349. The molecule has 0 radical (unpaired) electrons. The first-order valence-electron chi connectivity index (χ1n) is 6.85. The van der Waals surface area contributed by atoms with E-state index in [1.54, 1.807) is 0 Å². The fourth-order valence-corrected chi connectivity index (χ4v) is 3.21. The highest BCUT2D eigenvalue weighted by atomic mass is 32.2. The van der Waals surface area contributed by atoms with Crippen molar-refractivity contribution in [1.82, 2.24) is 0 Å². The summed E-state index contributed by atoms with van der Waals surface area (Å²) < 4.78 is 0.387. The molecule has 0 aliphatic rings. The predicted molar refractivity (Wildman–Crippen MR) is 79.8 cm³/mol. The molecule has 1 nitrogen and oxygen atoms in total. The third kappa shape index (κ3) is 7.13. The maximum atomic E-state index is 11.3. The van der Waals surface area contributed by atoms with E-state index in [0.29, 0.717) is 22.4 Å². The van der Waals surface area contributed by atoms with Gasteiger partial charge in [0.1, 0.15) is 5.78 Å². The van der Waals surface area contributed by atoms with Crippen LogP contribution in [0.3, 0.4) is 0 Å². The number of carbonyl (C=O) groups excluding carboxylic acids is 1. The Balaban J connectivity index is 4.15. The molecule has 0 fully saturated rings. The van der Waals surface area contributed by atoms with E-state index in [-0.39, 0.29) is 0 Å². The molecule has 0 N–H and O–H groups in total. The molecule has 17 heavy (non-hydrogen) atoms. The number of hydrogen-bond acceptors (Lipinski definition) is 2. The lowest BCUT2D eigenvalue weighted by Gasteiger charge is -2.36. The first kappa shape index (κ1) is 17.0. The van der Waals surface area contributed by atoms with Gasteiger partial charge >= 0.3 is 0 Å². The third-order valence-corrected chi connectivity index (χ3v) is 5.22. The summed E-state index contributed by atoms with van der Waals surface area (Å²) in [7, 11) is 0.